The van der Waals surface area contributed by atoms with Crippen LogP contribution in [0.15, 0.2) is 40.3 Å². The summed E-state index contributed by atoms with van der Waals surface area (Å²) in [5.74, 6) is 0.0763. The molecule has 0 fully saturated rings. The summed E-state index contributed by atoms with van der Waals surface area (Å²) in [6.45, 7) is 6.30. The monoisotopic (exact) mass is 725 g/mol. The quantitative estimate of drug-likeness (QED) is 0.0510. The average molecular weight is 726 g/mol. The second-order valence-electron chi connectivity index (χ2n) is 10.7. The van der Waals surface area contributed by atoms with Crippen molar-refractivity contribution < 1.29 is 33.3 Å². The van der Waals surface area contributed by atoms with Gasteiger partial charge in [-0.2, -0.15) is 4.98 Å². The van der Waals surface area contributed by atoms with Crippen molar-refractivity contribution in [2.24, 2.45) is 0 Å². The normalized spacial score (nSPS) is 12.0. The number of fused-ring (bicyclic) bond motifs is 1. The van der Waals surface area contributed by atoms with Crippen LogP contribution in [0.1, 0.15) is 32.6 Å². The maximum atomic E-state index is 13.0. The number of alkyl halides is 1. The topological polar surface area (TPSA) is 194 Å². The fourth-order valence-electron chi connectivity index (χ4n) is 4.46. The molecule has 0 unspecified atom stereocenters. The number of amides is 2. The van der Waals surface area contributed by atoms with Crippen molar-refractivity contribution >= 4 is 52.3 Å². The molecule has 49 heavy (non-hydrogen) atoms. The molecule has 2 amide bonds. The van der Waals surface area contributed by atoms with E-state index in [9.17, 15) is 14.4 Å². The Morgan fingerprint density at radius 2 is 1.47 bits per heavy atom. The summed E-state index contributed by atoms with van der Waals surface area (Å²) in [7, 11) is 0. The zero-order chi connectivity index (χ0) is 35.1. The molecule has 1 atom stereocenters. The second-order valence-corrected chi connectivity index (χ2v) is 12.1. The molecule has 15 nitrogen and oxygen atoms in total. The van der Waals surface area contributed by atoms with E-state index in [0.29, 0.717) is 63.7 Å². The van der Waals surface area contributed by atoms with E-state index in [4.69, 9.17) is 41.0 Å². The molecule has 1 aromatic carbocycles. The van der Waals surface area contributed by atoms with E-state index in [1.54, 1.807) is 4.57 Å². The number of carbonyl (C=O) groups excluding carboxylic acids is 2. The number of unbranched alkanes of at least 4 members (excludes halogenated alkanes) is 3. The highest BCUT2D eigenvalue weighted by Gasteiger charge is 2.23. The molecule has 0 saturated carbocycles. The Labute approximate surface area is 295 Å². The minimum atomic E-state index is -0.869. The van der Waals surface area contributed by atoms with Crippen LogP contribution in [-0.4, -0.2) is 122 Å². The summed E-state index contributed by atoms with van der Waals surface area (Å²) in [6.07, 6.45) is 4.39. The lowest BCUT2D eigenvalue weighted by molar-refractivity contribution is -0.127. The number of para-hydroxylation sites is 1. The van der Waals surface area contributed by atoms with Crippen LogP contribution < -0.4 is 21.9 Å². The average Bonchev–Trinajstić information content (AvgIpc) is 3.46. The number of aromatic amines is 1. The number of imidazole rings is 1. The van der Waals surface area contributed by atoms with Crippen LogP contribution in [0, 0.1) is 0 Å². The summed E-state index contributed by atoms with van der Waals surface area (Å²) in [4.78, 5) is 48.6. The van der Waals surface area contributed by atoms with Crippen LogP contribution in [0.2, 0.25) is 0 Å². The van der Waals surface area contributed by atoms with Gasteiger partial charge in [0.1, 0.15) is 6.04 Å². The number of thioether (sulfide) groups is 1. The summed E-state index contributed by atoms with van der Waals surface area (Å²) < 4.78 is 29.2. The van der Waals surface area contributed by atoms with Gasteiger partial charge in [0, 0.05) is 37.4 Å². The summed E-state index contributed by atoms with van der Waals surface area (Å²) in [6, 6.07) is 8.35. The Hall–Kier alpha value is -3.25. The smallest absolute Gasteiger partial charge is 0.280 e. The third-order valence-corrected chi connectivity index (χ3v) is 8.10. The first-order valence-electron chi connectivity index (χ1n) is 16.4. The Morgan fingerprint density at radius 3 is 2.08 bits per heavy atom. The molecule has 17 heteroatoms. The number of nitrogens with one attached hydrogen (secondary N) is 3. The van der Waals surface area contributed by atoms with Crippen LogP contribution in [-0.2, 0) is 33.3 Å². The molecule has 0 aliphatic carbocycles. The standard InChI is InChI=1S/C32H48ClN7O8S/c1-24(41)36-26(23-49-32-37-27-28(38-31(34)39-30(27)43)40(32)25-9-5-4-6-10-25)29(42)35-12-14-45-16-18-47-20-22-48-21-19-46-17-15-44-13-8-3-2-7-11-33/h4-6,9-10,26H,2-3,7-8,11-23H2,1H3,(H,35,42)(H,36,41)(H3,34,38,39,43)/t26-/m0/s1. The number of carbonyl (C=O) groups is 2. The van der Waals surface area contributed by atoms with Gasteiger partial charge in [-0.3, -0.25) is 23.9 Å². The number of hydrogen-bond donors (Lipinski definition) is 4. The van der Waals surface area contributed by atoms with Crippen LogP contribution in [0.5, 0.6) is 0 Å². The molecular weight excluding hydrogens is 678 g/mol. The van der Waals surface area contributed by atoms with Gasteiger partial charge in [0.05, 0.1) is 59.5 Å². The van der Waals surface area contributed by atoms with Crippen molar-refractivity contribution in [2.45, 2.75) is 43.8 Å². The number of H-pyrrole nitrogens is 1. The third kappa shape index (κ3) is 15.5. The first-order chi connectivity index (χ1) is 23.9. The fraction of sp³-hybridized carbons (Fsp3) is 0.594. The summed E-state index contributed by atoms with van der Waals surface area (Å²) >= 11 is 6.86. The van der Waals surface area contributed by atoms with Crippen molar-refractivity contribution in [3.63, 3.8) is 0 Å². The zero-order valence-corrected chi connectivity index (χ0v) is 29.5. The Morgan fingerprint density at radius 1 is 0.878 bits per heavy atom. The minimum Gasteiger partial charge on any atom is -0.379 e. The lowest BCUT2D eigenvalue weighted by atomic mass is 10.2. The summed E-state index contributed by atoms with van der Waals surface area (Å²) in [5, 5.41) is 5.87. The van der Waals surface area contributed by atoms with E-state index in [2.05, 4.69) is 25.6 Å². The van der Waals surface area contributed by atoms with E-state index >= 15 is 0 Å². The molecule has 0 saturated heterocycles. The first kappa shape index (κ1) is 40.2. The molecule has 0 radical (unpaired) electrons. The molecule has 2 heterocycles. The van der Waals surface area contributed by atoms with Gasteiger partial charge in [0.15, 0.2) is 16.3 Å². The number of ether oxygens (including phenoxy) is 5. The van der Waals surface area contributed by atoms with Crippen LogP contribution in [0.4, 0.5) is 5.95 Å². The van der Waals surface area contributed by atoms with E-state index < -0.39 is 11.6 Å². The predicted octanol–water partition coefficient (Wildman–Crippen LogP) is 2.29. The number of nitrogen functional groups attached to an aromatic ring is 1. The van der Waals surface area contributed by atoms with Crippen LogP contribution in [0.25, 0.3) is 16.9 Å². The van der Waals surface area contributed by atoms with Gasteiger partial charge in [-0.05, 0) is 25.0 Å². The Bertz CT molecular complexity index is 1450. The van der Waals surface area contributed by atoms with Gasteiger partial charge >= 0.3 is 0 Å². The van der Waals surface area contributed by atoms with Gasteiger partial charge in [-0.15, -0.1) is 11.6 Å². The SMILES string of the molecule is CC(=O)N[C@@H](CSc1nc2c(=O)[nH]c(N)nc2n1-c1ccccc1)C(=O)NCCOCCOCCOCCOCCOCCCCCCCl. The maximum absolute atomic E-state index is 13.0. The maximum Gasteiger partial charge on any atom is 0.280 e. The fourth-order valence-corrected chi connectivity index (χ4v) is 5.68. The number of rotatable bonds is 27. The van der Waals surface area contributed by atoms with Gasteiger partial charge in [-0.1, -0.05) is 42.8 Å². The highest BCUT2D eigenvalue weighted by molar-refractivity contribution is 7.99. The van der Waals surface area contributed by atoms with Crippen molar-refractivity contribution in [2.75, 3.05) is 90.0 Å². The molecule has 3 rings (SSSR count). The van der Waals surface area contributed by atoms with Gasteiger partial charge in [0.2, 0.25) is 17.8 Å². The lowest BCUT2D eigenvalue weighted by Crippen LogP contribution is -2.48. The molecule has 3 aromatic rings. The van der Waals surface area contributed by atoms with Gasteiger partial charge in [-0.25, -0.2) is 4.98 Å². The van der Waals surface area contributed by atoms with Crippen molar-refractivity contribution in [1.82, 2.24) is 30.2 Å². The molecular formula is C32H48ClN7O8S. The van der Waals surface area contributed by atoms with E-state index in [1.807, 2.05) is 30.3 Å². The number of halogens is 1. The van der Waals surface area contributed by atoms with Crippen molar-refractivity contribution in [3.8, 4) is 5.69 Å². The van der Waals surface area contributed by atoms with Crippen molar-refractivity contribution in [1.29, 1.82) is 0 Å². The lowest BCUT2D eigenvalue weighted by Gasteiger charge is -2.17. The van der Waals surface area contributed by atoms with E-state index in [-0.39, 0.29) is 47.8 Å². The number of nitrogens with zero attached hydrogens (tertiary/aromatic N) is 3. The Balaban J connectivity index is 1.27. The zero-order valence-electron chi connectivity index (χ0n) is 28.0. The molecule has 0 spiro atoms. The predicted molar refractivity (Wildman–Crippen MR) is 189 cm³/mol. The molecule has 5 N–H and O–H groups in total. The summed E-state index contributed by atoms with van der Waals surface area (Å²) in [5.41, 5.74) is 6.42. The highest BCUT2D eigenvalue weighted by Crippen LogP contribution is 2.26. The number of benzene rings is 1. The minimum absolute atomic E-state index is 0.0423. The molecule has 0 aliphatic heterocycles. The third-order valence-electron chi connectivity index (χ3n) is 6.80. The van der Waals surface area contributed by atoms with Gasteiger partial charge < -0.3 is 40.1 Å². The number of hydrogen-bond acceptors (Lipinski definition) is 12. The highest BCUT2D eigenvalue weighted by atomic mass is 35.5. The molecule has 272 valence electrons. The van der Waals surface area contributed by atoms with Crippen LogP contribution >= 0.6 is 23.4 Å². The van der Waals surface area contributed by atoms with E-state index in [0.717, 1.165) is 38.2 Å². The Kier molecular flexibility index (Phi) is 19.7. The van der Waals surface area contributed by atoms with Crippen LogP contribution in [0.3, 0.4) is 0 Å². The molecule has 2 aromatic heterocycles. The number of anilines is 1. The largest absolute Gasteiger partial charge is 0.379 e. The first-order valence-corrected chi connectivity index (χ1v) is 17.9. The van der Waals surface area contributed by atoms with Gasteiger partial charge in [0.25, 0.3) is 5.56 Å². The second kappa shape index (κ2) is 24.0. The number of aromatic nitrogens is 4. The molecule has 0 bridgehead atoms. The van der Waals surface area contributed by atoms with E-state index in [1.165, 1.54) is 18.7 Å². The molecule has 0 aliphatic rings. The van der Waals surface area contributed by atoms with Crippen molar-refractivity contribution in [3.05, 3.63) is 40.7 Å². The number of nitrogens with two attached hydrogens (primary N) is 1.